The number of methoxy groups -OCH3 is 1. The number of nitrogens with one attached hydrogen (secondary N) is 1. The second-order valence-electron chi connectivity index (χ2n) is 9.67. The maximum absolute atomic E-state index is 12.8. The summed E-state index contributed by atoms with van der Waals surface area (Å²) in [6.07, 6.45) is 2.32. The highest BCUT2D eigenvalue weighted by molar-refractivity contribution is 7.92. The second-order valence-corrected chi connectivity index (χ2v) is 13.8. The molecule has 1 aliphatic rings. The van der Waals surface area contributed by atoms with Crippen LogP contribution < -0.4 is 10.1 Å². The Kier molecular flexibility index (Phi) is 9.44. The van der Waals surface area contributed by atoms with Crippen LogP contribution in [0.15, 0.2) is 23.2 Å². The number of hydrogen-bond donors (Lipinski definition) is 1. The highest BCUT2D eigenvalue weighted by atomic mass is 32.2. The molecule has 3 aromatic rings. The van der Waals surface area contributed by atoms with Crippen LogP contribution >= 0.6 is 22.7 Å². The van der Waals surface area contributed by atoms with Gasteiger partial charge in [-0.15, -0.1) is 11.3 Å². The summed E-state index contributed by atoms with van der Waals surface area (Å²) >= 11 is 2.39. The van der Waals surface area contributed by atoms with Crippen molar-refractivity contribution in [3.8, 4) is 0 Å². The first-order valence-electron chi connectivity index (χ1n) is 13.1. The van der Waals surface area contributed by atoms with Crippen molar-refractivity contribution in [2.45, 2.75) is 46.6 Å². The third-order valence-electron chi connectivity index (χ3n) is 6.58. The second kappa shape index (κ2) is 12.7. The number of esters is 2. The van der Waals surface area contributed by atoms with Gasteiger partial charge in [-0.25, -0.2) is 18.0 Å². The number of thiazole rings is 1. The number of carbonyl (C=O) groups is 4. The highest BCUT2D eigenvalue weighted by Gasteiger charge is 2.30. The summed E-state index contributed by atoms with van der Waals surface area (Å²) in [5.41, 5.74) is 2.17. The van der Waals surface area contributed by atoms with E-state index in [1.165, 1.54) is 18.4 Å². The lowest BCUT2D eigenvalue weighted by atomic mass is 9.88. The number of anilines is 1. The number of aromatic nitrogens is 1. The molecule has 0 saturated heterocycles. The van der Waals surface area contributed by atoms with E-state index in [0.29, 0.717) is 29.1 Å². The van der Waals surface area contributed by atoms with Gasteiger partial charge in [0.05, 0.1) is 35.1 Å². The largest absolute Gasteiger partial charge is 0.465 e. The number of nitrogens with zero attached hydrogens (tertiary/aromatic N) is 2. The Balaban J connectivity index is 1.50. The minimum Gasteiger partial charge on any atom is -0.465 e. The lowest BCUT2D eigenvalue weighted by Crippen LogP contribution is -2.28. The van der Waals surface area contributed by atoms with Gasteiger partial charge in [-0.1, -0.05) is 18.3 Å². The molecule has 2 aromatic heterocycles. The summed E-state index contributed by atoms with van der Waals surface area (Å²) in [7, 11) is -2.93. The molecule has 0 saturated carbocycles. The monoisotopic (exact) mass is 621 g/mol. The minimum absolute atomic E-state index is 0.235. The predicted octanol–water partition coefficient (Wildman–Crippen LogP) is 3.35. The number of fused-ring (bicyclic) bond motifs is 2. The molecule has 0 fully saturated rings. The van der Waals surface area contributed by atoms with Crippen molar-refractivity contribution in [3.05, 3.63) is 44.6 Å². The first kappa shape index (κ1) is 30.6. The van der Waals surface area contributed by atoms with E-state index in [0.717, 1.165) is 40.1 Å². The molecule has 1 aliphatic carbocycles. The van der Waals surface area contributed by atoms with Crippen LogP contribution in [-0.2, 0) is 48.3 Å². The molecule has 1 aromatic carbocycles. The van der Waals surface area contributed by atoms with E-state index < -0.39 is 45.1 Å². The molecule has 2 heterocycles. The average molecular weight is 622 g/mol. The molecule has 0 radical (unpaired) electrons. The topological polar surface area (TPSA) is 150 Å². The average Bonchev–Trinajstić information content (AvgIpc) is 3.42. The number of carbonyl (C=O) groups excluding carboxylic acids is 4. The maximum atomic E-state index is 12.8. The summed E-state index contributed by atoms with van der Waals surface area (Å²) in [6.45, 7) is 6.35. The van der Waals surface area contributed by atoms with Crippen molar-refractivity contribution < 1.29 is 37.1 Å². The Labute approximate surface area is 245 Å². The third-order valence-corrected chi connectivity index (χ3v) is 10.2. The van der Waals surface area contributed by atoms with Crippen LogP contribution in [0.3, 0.4) is 0 Å². The SMILES string of the molecule is CCOC(=O)c1ccc2c(c1)sc(=NC(=O)CS(=O)(=O)CC(=O)Nc1sc3c(c1C(=O)OC)CCC(C)C3)n2CC. The molecule has 4 rings (SSSR count). The van der Waals surface area contributed by atoms with E-state index >= 15 is 0 Å². The van der Waals surface area contributed by atoms with Crippen LogP contribution in [0.25, 0.3) is 10.2 Å². The molecule has 0 aliphatic heterocycles. The fraction of sp³-hybridized carbons (Fsp3) is 0.444. The normalized spacial score (nSPS) is 15.4. The first-order chi connectivity index (χ1) is 19.5. The Morgan fingerprint density at radius 1 is 1.12 bits per heavy atom. The number of aryl methyl sites for hydroxylation is 1. The lowest BCUT2D eigenvalue weighted by molar-refractivity contribution is -0.115. The van der Waals surface area contributed by atoms with Crippen LogP contribution in [0.5, 0.6) is 0 Å². The quantitative estimate of drug-likeness (QED) is 0.358. The zero-order valence-corrected chi connectivity index (χ0v) is 25.6. The van der Waals surface area contributed by atoms with Gasteiger partial charge < -0.3 is 19.4 Å². The molecule has 220 valence electrons. The fourth-order valence-electron chi connectivity index (χ4n) is 4.70. The zero-order chi connectivity index (χ0) is 29.9. The molecule has 1 unspecified atom stereocenters. The standard InChI is InChI=1S/C27H31N3O8S3/c1-5-30-18-10-8-16(25(33)38-6-2)12-20(18)40-27(30)29-22(32)14-41(35,36)13-21(31)28-24-23(26(34)37-4)17-9-7-15(3)11-19(17)39-24/h8,10,12,15H,5-7,9,11,13-14H2,1-4H3,(H,28,31). The predicted molar refractivity (Wildman–Crippen MR) is 156 cm³/mol. The molecular formula is C27H31N3O8S3. The van der Waals surface area contributed by atoms with E-state index in [1.54, 1.807) is 29.7 Å². The molecule has 2 amide bonds. The number of ether oxygens (including phenoxy) is 2. The highest BCUT2D eigenvalue weighted by Crippen LogP contribution is 2.40. The summed E-state index contributed by atoms with van der Waals surface area (Å²) in [6, 6.07) is 4.97. The van der Waals surface area contributed by atoms with Crippen LogP contribution in [-0.4, -0.2) is 62.0 Å². The maximum Gasteiger partial charge on any atom is 0.341 e. The number of hydrogen-bond acceptors (Lipinski definition) is 10. The Bertz CT molecular complexity index is 1700. The van der Waals surface area contributed by atoms with Gasteiger partial charge in [0.2, 0.25) is 5.91 Å². The van der Waals surface area contributed by atoms with E-state index in [-0.39, 0.29) is 22.0 Å². The molecule has 1 atom stereocenters. The number of benzene rings is 1. The number of thiophene rings is 1. The first-order valence-corrected chi connectivity index (χ1v) is 16.5. The van der Waals surface area contributed by atoms with Gasteiger partial charge in [0.25, 0.3) is 5.91 Å². The van der Waals surface area contributed by atoms with Crippen LogP contribution in [0, 0.1) is 5.92 Å². The zero-order valence-electron chi connectivity index (χ0n) is 23.1. The smallest absolute Gasteiger partial charge is 0.341 e. The van der Waals surface area contributed by atoms with Crippen molar-refractivity contribution in [2.75, 3.05) is 30.5 Å². The summed E-state index contributed by atoms with van der Waals surface area (Å²) in [5, 5.41) is 2.81. The van der Waals surface area contributed by atoms with Crippen molar-refractivity contribution in [2.24, 2.45) is 10.9 Å². The molecule has 11 nitrogen and oxygen atoms in total. The van der Waals surface area contributed by atoms with E-state index in [4.69, 9.17) is 9.47 Å². The Hall–Kier alpha value is -3.36. The van der Waals surface area contributed by atoms with Crippen molar-refractivity contribution in [1.82, 2.24) is 4.57 Å². The van der Waals surface area contributed by atoms with Gasteiger partial charge in [0, 0.05) is 11.4 Å². The van der Waals surface area contributed by atoms with Gasteiger partial charge in [-0.2, -0.15) is 4.99 Å². The Morgan fingerprint density at radius 3 is 2.56 bits per heavy atom. The van der Waals surface area contributed by atoms with Crippen LogP contribution in [0.4, 0.5) is 5.00 Å². The van der Waals surface area contributed by atoms with E-state index in [2.05, 4.69) is 17.2 Å². The van der Waals surface area contributed by atoms with Gasteiger partial charge >= 0.3 is 11.9 Å². The lowest BCUT2D eigenvalue weighted by Gasteiger charge is -2.18. The van der Waals surface area contributed by atoms with Gasteiger partial charge in [0.1, 0.15) is 16.5 Å². The van der Waals surface area contributed by atoms with Crippen molar-refractivity contribution >= 4 is 71.5 Å². The van der Waals surface area contributed by atoms with Gasteiger partial charge in [-0.05, 0) is 62.8 Å². The third kappa shape index (κ3) is 6.93. The van der Waals surface area contributed by atoms with Gasteiger partial charge in [0.15, 0.2) is 14.6 Å². The van der Waals surface area contributed by atoms with Crippen molar-refractivity contribution in [1.29, 1.82) is 0 Å². The molecule has 0 bridgehead atoms. The van der Waals surface area contributed by atoms with Crippen LogP contribution in [0.2, 0.25) is 0 Å². The molecular weight excluding hydrogens is 591 g/mol. The van der Waals surface area contributed by atoms with Crippen molar-refractivity contribution in [3.63, 3.8) is 0 Å². The molecule has 41 heavy (non-hydrogen) atoms. The Morgan fingerprint density at radius 2 is 1.88 bits per heavy atom. The van der Waals surface area contributed by atoms with Crippen LogP contribution in [0.1, 0.15) is 58.3 Å². The summed E-state index contributed by atoms with van der Waals surface area (Å²) in [4.78, 5) is 55.3. The summed E-state index contributed by atoms with van der Waals surface area (Å²) < 4.78 is 37.9. The number of amides is 2. The molecule has 0 spiro atoms. The molecule has 14 heteroatoms. The minimum atomic E-state index is -4.18. The number of sulfone groups is 1. The van der Waals surface area contributed by atoms with Gasteiger partial charge in [-0.3, -0.25) is 9.59 Å². The molecule has 1 N–H and O–H groups in total. The fourth-order valence-corrected chi connectivity index (χ4v) is 8.28. The number of rotatable bonds is 9. The van der Waals surface area contributed by atoms with E-state index in [9.17, 15) is 27.6 Å². The summed E-state index contributed by atoms with van der Waals surface area (Å²) in [5.74, 6) is -4.32. The van der Waals surface area contributed by atoms with E-state index in [1.807, 2.05) is 6.92 Å².